The Bertz CT molecular complexity index is 192. The lowest BCUT2D eigenvalue weighted by atomic mass is 9.61. The van der Waals surface area contributed by atoms with Crippen molar-refractivity contribution in [3.63, 3.8) is 0 Å². The first-order valence-electron chi connectivity index (χ1n) is 5.81. The van der Waals surface area contributed by atoms with E-state index >= 15 is 0 Å². The van der Waals surface area contributed by atoms with Crippen LogP contribution >= 0.6 is 0 Å². The summed E-state index contributed by atoms with van der Waals surface area (Å²) in [6, 6.07) is 0. The summed E-state index contributed by atoms with van der Waals surface area (Å²) < 4.78 is 0. The first-order chi connectivity index (χ1) is 5.81. The molecule has 3 fully saturated rings. The molecule has 0 N–H and O–H groups in total. The van der Waals surface area contributed by atoms with Gasteiger partial charge in [0.25, 0.3) is 0 Å². The van der Waals surface area contributed by atoms with Crippen molar-refractivity contribution in [3.05, 3.63) is 0 Å². The van der Waals surface area contributed by atoms with Crippen molar-refractivity contribution < 1.29 is 0 Å². The summed E-state index contributed by atoms with van der Waals surface area (Å²) >= 11 is 0. The van der Waals surface area contributed by atoms with Crippen LogP contribution in [0.3, 0.4) is 0 Å². The van der Waals surface area contributed by atoms with Crippen molar-refractivity contribution in [2.45, 2.75) is 51.9 Å². The minimum absolute atomic E-state index is 0.834. The fourth-order valence-electron chi connectivity index (χ4n) is 4.52. The fraction of sp³-hybridized carbons (Fsp3) is 1.00. The molecule has 68 valence electrons. The Balaban J connectivity index is 1.93. The lowest BCUT2D eigenvalue weighted by Crippen LogP contribution is -2.33. The molecule has 3 rings (SSSR count). The van der Waals surface area contributed by atoms with Gasteiger partial charge in [0.05, 0.1) is 0 Å². The number of fused-ring (bicyclic) bond motifs is 2. The fourth-order valence-corrected chi connectivity index (χ4v) is 4.52. The minimum Gasteiger partial charge on any atom is -0.0649 e. The van der Waals surface area contributed by atoms with Crippen LogP contribution in [0.1, 0.15) is 51.9 Å². The lowest BCUT2D eigenvalue weighted by Gasteiger charge is -2.44. The smallest absolute Gasteiger partial charge is 0.0295 e. The van der Waals surface area contributed by atoms with Crippen LogP contribution in [0.5, 0.6) is 0 Å². The first kappa shape index (κ1) is 7.41. The predicted octanol–water partition coefficient (Wildman–Crippen LogP) is 3.61. The second-order valence-corrected chi connectivity index (χ2v) is 5.66. The van der Waals surface area contributed by atoms with E-state index in [1.54, 1.807) is 38.5 Å². The van der Waals surface area contributed by atoms with E-state index in [1.165, 1.54) is 6.42 Å². The molecule has 0 saturated heterocycles. The van der Waals surface area contributed by atoms with Gasteiger partial charge in [0.1, 0.15) is 0 Å². The largest absolute Gasteiger partial charge is 0.0649 e. The van der Waals surface area contributed by atoms with Crippen LogP contribution in [0, 0.1) is 23.2 Å². The molecule has 0 aliphatic heterocycles. The van der Waals surface area contributed by atoms with Gasteiger partial charge in [-0.3, -0.25) is 0 Å². The van der Waals surface area contributed by atoms with Crippen LogP contribution < -0.4 is 0 Å². The van der Waals surface area contributed by atoms with E-state index in [0.717, 1.165) is 23.2 Å². The summed E-state index contributed by atoms with van der Waals surface area (Å²) in [5.41, 5.74) is 0.834. The summed E-state index contributed by atoms with van der Waals surface area (Å²) in [6.07, 6.45) is 11.0. The highest BCUT2D eigenvalue weighted by Gasteiger charge is 2.50. The van der Waals surface area contributed by atoms with Crippen molar-refractivity contribution in [1.29, 1.82) is 0 Å². The Morgan fingerprint density at radius 1 is 1.17 bits per heavy atom. The van der Waals surface area contributed by atoms with E-state index in [0.29, 0.717) is 0 Å². The highest BCUT2D eigenvalue weighted by atomic mass is 14.6. The molecule has 3 aliphatic carbocycles. The average molecular weight is 164 g/mol. The first-order valence-corrected chi connectivity index (χ1v) is 5.81. The molecule has 0 aromatic carbocycles. The molecule has 0 aromatic heterocycles. The summed E-state index contributed by atoms with van der Waals surface area (Å²) in [6.45, 7) is 2.42. The Kier molecular flexibility index (Phi) is 1.40. The standard InChI is InChI=1S/C12H20/c1-2-12-4-3-10-5-9(7-12)6-11(10)8-12/h9-11H,2-8H2,1H3/t9?,10?,11-,12-/m1/s1. The average Bonchev–Trinajstić information content (AvgIpc) is 2.29. The second-order valence-electron chi connectivity index (χ2n) is 5.66. The molecule has 2 unspecified atom stereocenters. The highest BCUT2D eigenvalue weighted by molar-refractivity contribution is 5.01. The molecule has 4 atom stereocenters. The van der Waals surface area contributed by atoms with Gasteiger partial charge in [-0.05, 0) is 61.7 Å². The Morgan fingerprint density at radius 2 is 2.00 bits per heavy atom. The highest BCUT2D eigenvalue weighted by Crippen LogP contribution is 2.61. The molecule has 3 saturated carbocycles. The van der Waals surface area contributed by atoms with Crippen molar-refractivity contribution in [2.24, 2.45) is 23.2 Å². The van der Waals surface area contributed by atoms with Crippen molar-refractivity contribution >= 4 is 0 Å². The zero-order valence-corrected chi connectivity index (χ0v) is 8.18. The SMILES string of the molecule is CC[C@]12CCC3CC(C[C@@H]3C1)C2. The maximum atomic E-state index is 2.42. The summed E-state index contributed by atoms with van der Waals surface area (Å²) in [7, 11) is 0. The monoisotopic (exact) mass is 164 g/mol. The van der Waals surface area contributed by atoms with E-state index in [-0.39, 0.29) is 0 Å². The number of hydrogen-bond acceptors (Lipinski definition) is 0. The van der Waals surface area contributed by atoms with E-state index in [1.807, 2.05) is 0 Å². The van der Waals surface area contributed by atoms with Crippen molar-refractivity contribution in [3.8, 4) is 0 Å². The van der Waals surface area contributed by atoms with Crippen LogP contribution in [-0.2, 0) is 0 Å². The third kappa shape index (κ3) is 0.843. The molecular weight excluding hydrogens is 144 g/mol. The minimum atomic E-state index is 0.834. The van der Waals surface area contributed by atoms with E-state index in [4.69, 9.17) is 0 Å². The summed E-state index contributed by atoms with van der Waals surface area (Å²) in [4.78, 5) is 0. The zero-order valence-electron chi connectivity index (χ0n) is 8.18. The van der Waals surface area contributed by atoms with Crippen LogP contribution in [0.15, 0.2) is 0 Å². The summed E-state index contributed by atoms with van der Waals surface area (Å²) in [5.74, 6) is 3.48. The normalized spacial score (nSPS) is 56.2. The van der Waals surface area contributed by atoms with Gasteiger partial charge < -0.3 is 0 Å². The van der Waals surface area contributed by atoms with Gasteiger partial charge in [-0.15, -0.1) is 0 Å². The molecule has 0 heterocycles. The topological polar surface area (TPSA) is 0 Å². The molecule has 0 radical (unpaired) electrons. The van der Waals surface area contributed by atoms with Crippen molar-refractivity contribution in [2.75, 3.05) is 0 Å². The van der Waals surface area contributed by atoms with E-state index in [2.05, 4.69) is 6.92 Å². The number of hydrogen-bond donors (Lipinski definition) is 0. The van der Waals surface area contributed by atoms with Crippen LogP contribution in [0.4, 0.5) is 0 Å². The van der Waals surface area contributed by atoms with Gasteiger partial charge in [-0.1, -0.05) is 13.3 Å². The molecule has 0 spiro atoms. The van der Waals surface area contributed by atoms with Gasteiger partial charge in [0.2, 0.25) is 0 Å². The van der Waals surface area contributed by atoms with Crippen LogP contribution in [-0.4, -0.2) is 0 Å². The van der Waals surface area contributed by atoms with Gasteiger partial charge in [-0.25, -0.2) is 0 Å². The molecule has 3 bridgehead atoms. The van der Waals surface area contributed by atoms with Crippen LogP contribution in [0.2, 0.25) is 0 Å². The quantitative estimate of drug-likeness (QED) is 0.555. The molecule has 0 nitrogen and oxygen atoms in total. The molecule has 0 amide bonds. The Labute approximate surface area is 75.7 Å². The van der Waals surface area contributed by atoms with Crippen LogP contribution in [0.25, 0.3) is 0 Å². The third-order valence-corrected chi connectivity index (χ3v) is 5.15. The van der Waals surface area contributed by atoms with Gasteiger partial charge in [0, 0.05) is 0 Å². The number of rotatable bonds is 1. The molecular formula is C12H20. The lowest BCUT2D eigenvalue weighted by molar-refractivity contribution is 0.0655. The summed E-state index contributed by atoms with van der Waals surface area (Å²) in [5, 5.41) is 0. The molecule has 0 aromatic rings. The Morgan fingerprint density at radius 3 is 2.83 bits per heavy atom. The van der Waals surface area contributed by atoms with Gasteiger partial charge >= 0.3 is 0 Å². The van der Waals surface area contributed by atoms with E-state index in [9.17, 15) is 0 Å². The second kappa shape index (κ2) is 2.27. The predicted molar refractivity (Wildman–Crippen MR) is 50.9 cm³/mol. The maximum absolute atomic E-state index is 2.42. The maximum Gasteiger partial charge on any atom is -0.0295 e. The molecule has 3 aliphatic rings. The van der Waals surface area contributed by atoms with Gasteiger partial charge in [-0.2, -0.15) is 0 Å². The third-order valence-electron chi connectivity index (χ3n) is 5.15. The Hall–Kier alpha value is 0. The van der Waals surface area contributed by atoms with Gasteiger partial charge in [0.15, 0.2) is 0 Å². The van der Waals surface area contributed by atoms with Crippen molar-refractivity contribution in [1.82, 2.24) is 0 Å². The molecule has 0 heteroatoms. The molecule has 12 heavy (non-hydrogen) atoms. The van der Waals surface area contributed by atoms with E-state index < -0.39 is 0 Å². The zero-order chi connectivity index (χ0) is 8.18.